The third kappa shape index (κ3) is 1.57. The van der Waals surface area contributed by atoms with E-state index in [0.717, 1.165) is 9.52 Å². The molecule has 0 saturated carbocycles. The van der Waals surface area contributed by atoms with Gasteiger partial charge in [-0.3, -0.25) is 0 Å². The normalized spacial score (nSPS) is 9.44. The highest BCUT2D eigenvalue weighted by Gasteiger charge is 1.88. The molecular formula is C7H8OSi. The van der Waals surface area contributed by atoms with Crippen molar-refractivity contribution in [2.24, 2.45) is 0 Å². The highest BCUT2D eigenvalue weighted by Crippen LogP contribution is 2.01. The van der Waals surface area contributed by atoms with Crippen LogP contribution >= 0.6 is 0 Å². The van der Waals surface area contributed by atoms with Crippen molar-refractivity contribution in [3.05, 3.63) is 24.3 Å². The number of benzene rings is 1. The first-order valence-corrected chi connectivity index (χ1v) is 4.29. The minimum Gasteiger partial charge on any atom is -0.508 e. The average Bonchev–Trinajstić information content (AvgIpc) is 1.88. The molecule has 1 aromatic rings. The van der Waals surface area contributed by atoms with Crippen molar-refractivity contribution in [1.82, 2.24) is 0 Å². The first-order valence-electron chi connectivity index (χ1n) is 2.79. The Morgan fingerprint density at radius 3 is 2.67 bits per heavy atom. The molecule has 0 aliphatic heterocycles. The van der Waals surface area contributed by atoms with E-state index >= 15 is 0 Å². The molecule has 0 aliphatic carbocycles. The van der Waals surface area contributed by atoms with Crippen LogP contribution in [0.25, 0.3) is 0 Å². The van der Waals surface area contributed by atoms with E-state index in [0.29, 0.717) is 5.75 Å². The number of aromatic hydroxyl groups is 1. The highest BCUT2D eigenvalue weighted by atomic mass is 28.2. The molecule has 1 rings (SSSR count). The predicted molar refractivity (Wildman–Crippen MR) is 39.4 cm³/mol. The molecule has 2 radical (unpaired) electrons. The van der Waals surface area contributed by atoms with E-state index in [1.807, 2.05) is 12.1 Å². The van der Waals surface area contributed by atoms with Gasteiger partial charge >= 0.3 is 0 Å². The first-order chi connectivity index (χ1) is 4.33. The molecule has 1 N–H and O–H groups in total. The van der Waals surface area contributed by atoms with E-state index in [2.05, 4.69) is 6.55 Å². The molecule has 2 heteroatoms. The summed E-state index contributed by atoms with van der Waals surface area (Å²) in [7, 11) is 0.766. The van der Waals surface area contributed by atoms with Gasteiger partial charge in [-0.15, -0.1) is 0 Å². The monoisotopic (exact) mass is 136 g/mol. The summed E-state index contributed by atoms with van der Waals surface area (Å²) >= 11 is 0. The summed E-state index contributed by atoms with van der Waals surface area (Å²) in [4.78, 5) is 0. The van der Waals surface area contributed by atoms with E-state index in [1.54, 1.807) is 12.1 Å². The molecule has 1 nitrogen and oxygen atoms in total. The second kappa shape index (κ2) is 2.69. The van der Waals surface area contributed by atoms with Gasteiger partial charge in [-0.25, -0.2) is 0 Å². The largest absolute Gasteiger partial charge is 0.508 e. The summed E-state index contributed by atoms with van der Waals surface area (Å²) in [6.45, 7) is 2.09. The van der Waals surface area contributed by atoms with Gasteiger partial charge in [0.15, 0.2) is 0 Å². The lowest BCUT2D eigenvalue weighted by molar-refractivity contribution is 0.476. The lowest BCUT2D eigenvalue weighted by atomic mass is 10.3. The summed E-state index contributed by atoms with van der Waals surface area (Å²) in [6, 6.07) is 7.35. The molecule has 1 aromatic carbocycles. The fraction of sp³-hybridized carbons (Fsp3) is 0.143. The van der Waals surface area contributed by atoms with Crippen LogP contribution in [0, 0.1) is 0 Å². The molecule has 9 heavy (non-hydrogen) atoms. The minimum atomic E-state index is 0.363. The fourth-order valence-electron chi connectivity index (χ4n) is 0.661. The molecule has 0 amide bonds. The van der Waals surface area contributed by atoms with Crippen LogP contribution in [0.5, 0.6) is 5.75 Å². The highest BCUT2D eigenvalue weighted by molar-refractivity contribution is 6.51. The van der Waals surface area contributed by atoms with Crippen LogP contribution in [0.3, 0.4) is 0 Å². The lowest BCUT2D eigenvalue weighted by Crippen LogP contribution is -2.08. The molecule has 0 aromatic heterocycles. The standard InChI is InChI=1S/C7H8OSi/c1-9-7-4-2-3-6(8)5-7/h2-5,8H,1H3. The number of phenolic OH excluding ortho intramolecular Hbond substituents is 1. The van der Waals surface area contributed by atoms with Crippen LogP contribution < -0.4 is 5.19 Å². The van der Waals surface area contributed by atoms with Crippen molar-refractivity contribution in [1.29, 1.82) is 0 Å². The van der Waals surface area contributed by atoms with Crippen molar-refractivity contribution in [3.8, 4) is 5.75 Å². The van der Waals surface area contributed by atoms with Gasteiger partial charge in [0, 0.05) is 0 Å². The van der Waals surface area contributed by atoms with Crippen molar-refractivity contribution in [2.75, 3.05) is 0 Å². The van der Waals surface area contributed by atoms with Gasteiger partial charge in [0.25, 0.3) is 0 Å². The first kappa shape index (κ1) is 6.36. The summed E-state index contributed by atoms with van der Waals surface area (Å²) in [6.07, 6.45) is 0. The number of rotatable bonds is 1. The zero-order valence-electron chi connectivity index (χ0n) is 5.26. The van der Waals surface area contributed by atoms with Crippen LogP contribution in [0.4, 0.5) is 0 Å². The maximum Gasteiger partial charge on any atom is 0.115 e. The van der Waals surface area contributed by atoms with Gasteiger partial charge in [0.2, 0.25) is 0 Å². The molecule has 0 aliphatic rings. The Hall–Kier alpha value is -0.763. The Bertz CT molecular complexity index is 198. The maximum absolute atomic E-state index is 8.95. The van der Waals surface area contributed by atoms with Crippen LogP contribution in [-0.2, 0) is 0 Å². The van der Waals surface area contributed by atoms with Gasteiger partial charge in [0.1, 0.15) is 5.75 Å². The van der Waals surface area contributed by atoms with Crippen LogP contribution in [0.15, 0.2) is 24.3 Å². The Kier molecular flexibility index (Phi) is 1.90. The minimum absolute atomic E-state index is 0.363. The third-order valence-electron chi connectivity index (χ3n) is 1.13. The van der Waals surface area contributed by atoms with E-state index in [9.17, 15) is 0 Å². The summed E-state index contributed by atoms with van der Waals surface area (Å²) in [5.74, 6) is 0.363. The summed E-state index contributed by atoms with van der Waals surface area (Å²) in [5.41, 5.74) is 0. The predicted octanol–water partition coefficient (Wildman–Crippen LogP) is 0.770. The van der Waals surface area contributed by atoms with Crippen molar-refractivity contribution >= 4 is 14.7 Å². The van der Waals surface area contributed by atoms with Gasteiger partial charge < -0.3 is 5.11 Å². The zero-order chi connectivity index (χ0) is 6.69. The van der Waals surface area contributed by atoms with Gasteiger partial charge in [0.05, 0.1) is 9.52 Å². The van der Waals surface area contributed by atoms with E-state index in [1.165, 1.54) is 5.19 Å². The lowest BCUT2D eigenvalue weighted by Gasteiger charge is -1.93. The van der Waals surface area contributed by atoms with E-state index in [-0.39, 0.29) is 0 Å². The van der Waals surface area contributed by atoms with Crippen molar-refractivity contribution in [2.45, 2.75) is 6.55 Å². The topological polar surface area (TPSA) is 20.2 Å². The quantitative estimate of drug-likeness (QED) is 0.565. The molecule has 0 unspecified atom stereocenters. The molecule has 0 bridgehead atoms. The van der Waals surface area contributed by atoms with Gasteiger partial charge in [-0.1, -0.05) is 23.9 Å². The fourth-order valence-corrected chi connectivity index (χ4v) is 1.22. The summed E-state index contributed by atoms with van der Waals surface area (Å²) in [5, 5.41) is 10.2. The van der Waals surface area contributed by atoms with Gasteiger partial charge in [-0.05, 0) is 12.1 Å². The maximum atomic E-state index is 8.95. The van der Waals surface area contributed by atoms with Crippen LogP contribution in [0.2, 0.25) is 6.55 Å². The van der Waals surface area contributed by atoms with E-state index in [4.69, 9.17) is 5.11 Å². The van der Waals surface area contributed by atoms with Crippen molar-refractivity contribution in [3.63, 3.8) is 0 Å². The molecule has 0 heterocycles. The smallest absolute Gasteiger partial charge is 0.115 e. The Balaban J connectivity index is 2.94. The second-order valence-electron chi connectivity index (χ2n) is 1.80. The van der Waals surface area contributed by atoms with Gasteiger partial charge in [-0.2, -0.15) is 0 Å². The molecule has 46 valence electrons. The molecule has 0 saturated heterocycles. The van der Waals surface area contributed by atoms with E-state index < -0.39 is 0 Å². The third-order valence-corrected chi connectivity index (χ3v) is 2.02. The Morgan fingerprint density at radius 2 is 2.22 bits per heavy atom. The molecular weight excluding hydrogens is 128 g/mol. The Labute approximate surface area is 57.2 Å². The van der Waals surface area contributed by atoms with Crippen LogP contribution in [-0.4, -0.2) is 14.6 Å². The SMILES string of the molecule is C[Si]c1cccc(O)c1. The zero-order valence-corrected chi connectivity index (χ0v) is 6.26. The molecule has 0 spiro atoms. The molecule has 0 fully saturated rings. The summed E-state index contributed by atoms with van der Waals surface area (Å²) < 4.78 is 0. The second-order valence-corrected chi connectivity index (χ2v) is 2.88. The number of hydrogen-bond donors (Lipinski definition) is 1. The number of hydrogen-bond acceptors (Lipinski definition) is 1. The van der Waals surface area contributed by atoms with Crippen LogP contribution in [0.1, 0.15) is 0 Å². The average molecular weight is 136 g/mol. The van der Waals surface area contributed by atoms with Crippen molar-refractivity contribution < 1.29 is 5.11 Å². The Morgan fingerprint density at radius 1 is 1.44 bits per heavy atom. The molecule has 0 atom stereocenters. The number of phenols is 1.